The lowest BCUT2D eigenvalue weighted by atomic mass is 10.3. The second-order valence-corrected chi connectivity index (χ2v) is 8.65. The summed E-state index contributed by atoms with van der Waals surface area (Å²) in [4.78, 5) is 0.368. The third-order valence-electron chi connectivity index (χ3n) is 4.01. The molecule has 1 unspecified atom stereocenters. The van der Waals surface area contributed by atoms with Crippen LogP contribution in [-0.2, 0) is 15.9 Å². The molecule has 0 N–H and O–H groups in total. The molecule has 1 aromatic heterocycles. The van der Waals surface area contributed by atoms with E-state index in [1.807, 2.05) is 17.7 Å². The SMILES string of the molecule is CCC(CSC)N(C)S(=O)(=O)c1cc(CCl)n(C2CC2)c1. The Bertz CT molecular complexity index is 582. The van der Waals surface area contributed by atoms with Gasteiger partial charge in [0.2, 0.25) is 10.0 Å². The summed E-state index contributed by atoms with van der Waals surface area (Å²) in [5, 5.41) is 0. The molecule has 1 saturated carbocycles. The minimum atomic E-state index is -3.45. The fraction of sp³-hybridized carbons (Fsp3) is 0.714. The topological polar surface area (TPSA) is 42.3 Å². The van der Waals surface area contributed by atoms with Gasteiger partial charge in [-0.2, -0.15) is 16.1 Å². The molecule has 7 heteroatoms. The predicted octanol–water partition coefficient (Wildman–Crippen LogP) is 3.32. The van der Waals surface area contributed by atoms with Gasteiger partial charge >= 0.3 is 0 Å². The third-order valence-corrected chi connectivity index (χ3v) is 6.87. The molecule has 1 atom stereocenters. The van der Waals surface area contributed by atoms with Crippen molar-refractivity contribution in [2.45, 2.75) is 49.0 Å². The molecule has 120 valence electrons. The largest absolute Gasteiger partial charge is 0.346 e. The maximum Gasteiger partial charge on any atom is 0.244 e. The first-order chi connectivity index (χ1) is 9.95. The zero-order valence-corrected chi connectivity index (χ0v) is 15.1. The summed E-state index contributed by atoms with van der Waals surface area (Å²) >= 11 is 7.62. The van der Waals surface area contributed by atoms with E-state index in [0.29, 0.717) is 16.8 Å². The van der Waals surface area contributed by atoms with Crippen molar-refractivity contribution in [2.24, 2.45) is 0 Å². The summed E-state index contributed by atoms with van der Waals surface area (Å²) in [6.45, 7) is 2.02. The number of thioether (sulfide) groups is 1. The number of alkyl halides is 1. The van der Waals surface area contributed by atoms with Crippen molar-refractivity contribution in [3.8, 4) is 0 Å². The molecule has 1 fully saturated rings. The number of hydrogen-bond donors (Lipinski definition) is 0. The van der Waals surface area contributed by atoms with Crippen LogP contribution in [0, 0.1) is 0 Å². The van der Waals surface area contributed by atoms with Gasteiger partial charge in [-0.05, 0) is 31.6 Å². The monoisotopic (exact) mass is 350 g/mol. The molecule has 1 heterocycles. The number of rotatable bonds is 8. The fourth-order valence-electron chi connectivity index (χ4n) is 2.47. The summed E-state index contributed by atoms with van der Waals surface area (Å²) in [7, 11) is -1.77. The molecule has 0 spiro atoms. The first-order valence-electron chi connectivity index (χ1n) is 7.19. The van der Waals surface area contributed by atoms with Crippen LogP contribution in [-0.4, -0.2) is 42.4 Å². The molecule has 21 heavy (non-hydrogen) atoms. The highest BCUT2D eigenvalue weighted by Crippen LogP contribution is 2.38. The van der Waals surface area contributed by atoms with Crippen LogP contribution in [0.25, 0.3) is 0 Å². The van der Waals surface area contributed by atoms with Gasteiger partial charge in [-0.25, -0.2) is 8.42 Å². The van der Waals surface area contributed by atoms with Crippen LogP contribution in [0.4, 0.5) is 0 Å². The van der Waals surface area contributed by atoms with E-state index in [1.165, 1.54) is 4.31 Å². The van der Waals surface area contributed by atoms with Crippen molar-refractivity contribution in [3.63, 3.8) is 0 Å². The van der Waals surface area contributed by atoms with E-state index >= 15 is 0 Å². The molecule has 1 aliphatic rings. The van der Waals surface area contributed by atoms with Crippen LogP contribution < -0.4 is 0 Å². The highest BCUT2D eigenvalue weighted by atomic mass is 35.5. The molecule has 0 aromatic carbocycles. The lowest BCUT2D eigenvalue weighted by molar-refractivity contribution is 0.385. The number of sulfonamides is 1. The highest BCUT2D eigenvalue weighted by Gasteiger charge is 2.31. The minimum absolute atomic E-state index is 0.0220. The molecular weight excluding hydrogens is 328 g/mol. The van der Waals surface area contributed by atoms with Crippen LogP contribution in [0.15, 0.2) is 17.2 Å². The summed E-state index contributed by atoms with van der Waals surface area (Å²) < 4.78 is 29.1. The Morgan fingerprint density at radius 3 is 2.67 bits per heavy atom. The van der Waals surface area contributed by atoms with Gasteiger partial charge in [0, 0.05) is 36.8 Å². The van der Waals surface area contributed by atoms with Crippen LogP contribution in [0.3, 0.4) is 0 Å². The van der Waals surface area contributed by atoms with E-state index in [2.05, 4.69) is 0 Å². The van der Waals surface area contributed by atoms with Gasteiger partial charge in [0.05, 0.1) is 5.88 Å². The average molecular weight is 351 g/mol. The Labute approximate surface area is 136 Å². The van der Waals surface area contributed by atoms with Crippen molar-refractivity contribution in [1.29, 1.82) is 0 Å². The zero-order chi connectivity index (χ0) is 15.6. The second-order valence-electron chi connectivity index (χ2n) is 5.48. The van der Waals surface area contributed by atoms with Crippen molar-refractivity contribution in [3.05, 3.63) is 18.0 Å². The Hall–Kier alpha value is -0.170. The average Bonchev–Trinajstić information content (AvgIpc) is 3.22. The molecule has 2 rings (SSSR count). The Morgan fingerprint density at radius 2 is 2.19 bits per heavy atom. The van der Waals surface area contributed by atoms with E-state index in [4.69, 9.17) is 11.6 Å². The van der Waals surface area contributed by atoms with Crippen LogP contribution in [0.1, 0.15) is 37.9 Å². The first kappa shape index (κ1) is 17.2. The summed E-state index contributed by atoms with van der Waals surface area (Å²) in [6, 6.07) is 2.18. The van der Waals surface area contributed by atoms with Gasteiger partial charge in [0.15, 0.2) is 0 Å². The van der Waals surface area contributed by atoms with Gasteiger partial charge in [0.25, 0.3) is 0 Å². The van der Waals surface area contributed by atoms with Gasteiger partial charge in [-0.3, -0.25) is 0 Å². The molecule has 0 aliphatic heterocycles. The molecule has 4 nitrogen and oxygen atoms in total. The number of nitrogens with zero attached hydrogens (tertiary/aromatic N) is 2. The molecule has 1 aliphatic carbocycles. The van der Waals surface area contributed by atoms with Crippen molar-refractivity contribution in [2.75, 3.05) is 19.1 Å². The first-order valence-corrected chi connectivity index (χ1v) is 10.6. The zero-order valence-electron chi connectivity index (χ0n) is 12.8. The van der Waals surface area contributed by atoms with E-state index < -0.39 is 10.0 Å². The number of hydrogen-bond acceptors (Lipinski definition) is 3. The maximum absolute atomic E-state index is 12.8. The van der Waals surface area contributed by atoms with Gasteiger partial charge in [0.1, 0.15) is 4.90 Å². The molecule has 0 saturated heterocycles. The lowest BCUT2D eigenvalue weighted by Gasteiger charge is -2.25. The molecule has 0 bridgehead atoms. The quantitative estimate of drug-likeness (QED) is 0.675. The van der Waals surface area contributed by atoms with Crippen molar-refractivity contribution in [1.82, 2.24) is 8.87 Å². The van der Waals surface area contributed by atoms with Crippen LogP contribution in [0.5, 0.6) is 0 Å². The lowest BCUT2D eigenvalue weighted by Crippen LogP contribution is -2.38. The maximum atomic E-state index is 12.8. The normalized spacial score (nSPS) is 17.4. The minimum Gasteiger partial charge on any atom is -0.346 e. The van der Waals surface area contributed by atoms with Gasteiger partial charge < -0.3 is 4.57 Å². The summed E-state index contributed by atoms with van der Waals surface area (Å²) in [6.07, 6.45) is 6.78. The summed E-state index contributed by atoms with van der Waals surface area (Å²) in [5.74, 6) is 1.15. The van der Waals surface area contributed by atoms with Crippen LogP contribution in [0.2, 0.25) is 0 Å². The van der Waals surface area contributed by atoms with E-state index in [0.717, 1.165) is 30.7 Å². The Morgan fingerprint density at radius 1 is 1.52 bits per heavy atom. The third kappa shape index (κ3) is 3.60. The Balaban J connectivity index is 2.30. The second kappa shape index (κ2) is 6.94. The standard InChI is InChI=1S/C14H23ClN2O2S2/c1-4-11(10-20-3)16(2)21(18,19)14-7-13(8-15)17(9-14)12-5-6-12/h7,9,11-12H,4-6,8,10H2,1-3H3. The van der Waals surface area contributed by atoms with Gasteiger partial charge in [-0.15, -0.1) is 11.6 Å². The molecular formula is C14H23ClN2O2S2. The Kier molecular flexibility index (Phi) is 5.68. The fourth-order valence-corrected chi connectivity index (χ4v) is 5.11. The highest BCUT2D eigenvalue weighted by molar-refractivity contribution is 7.98. The summed E-state index contributed by atoms with van der Waals surface area (Å²) in [5.41, 5.74) is 0.893. The van der Waals surface area contributed by atoms with E-state index in [1.54, 1.807) is 31.1 Å². The van der Waals surface area contributed by atoms with E-state index in [-0.39, 0.29) is 6.04 Å². The van der Waals surface area contributed by atoms with Crippen molar-refractivity contribution < 1.29 is 8.42 Å². The number of halogens is 1. The van der Waals surface area contributed by atoms with E-state index in [9.17, 15) is 8.42 Å². The molecule has 0 radical (unpaired) electrons. The van der Waals surface area contributed by atoms with Crippen LogP contribution >= 0.6 is 23.4 Å². The smallest absolute Gasteiger partial charge is 0.244 e. The molecule has 0 amide bonds. The molecule has 1 aromatic rings. The predicted molar refractivity (Wildman–Crippen MR) is 89.7 cm³/mol. The van der Waals surface area contributed by atoms with Crippen molar-refractivity contribution >= 4 is 33.4 Å². The van der Waals surface area contributed by atoms with Gasteiger partial charge in [-0.1, -0.05) is 6.92 Å². The number of aromatic nitrogens is 1.